The van der Waals surface area contributed by atoms with Crippen molar-refractivity contribution in [2.24, 2.45) is 5.92 Å². The number of benzene rings is 1. The Kier molecular flexibility index (Phi) is 3.98. The highest BCUT2D eigenvalue weighted by Crippen LogP contribution is 2.41. The normalized spacial score (nSPS) is 25.6. The molecule has 4 rings (SSSR count). The number of hydrogen-bond donors (Lipinski definition) is 0. The van der Waals surface area contributed by atoms with Crippen LogP contribution in [-0.4, -0.2) is 24.6 Å². The summed E-state index contributed by atoms with van der Waals surface area (Å²) in [7, 11) is 0. The maximum atomic E-state index is 12.4. The van der Waals surface area contributed by atoms with Crippen LogP contribution in [0.15, 0.2) is 53.6 Å². The number of ether oxygens (including phenoxy) is 2. The van der Waals surface area contributed by atoms with Crippen molar-refractivity contribution >= 4 is 11.9 Å². The summed E-state index contributed by atoms with van der Waals surface area (Å²) in [5.74, 6) is -2.21. The molecule has 2 bridgehead atoms. The van der Waals surface area contributed by atoms with Gasteiger partial charge in [-0.15, -0.1) is 0 Å². The fourth-order valence-electron chi connectivity index (χ4n) is 2.97. The molecule has 0 radical (unpaired) electrons. The molecular formula is C18H15NO4. The van der Waals surface area contributed by atoms with Crippen LogP contribution in [0.3, 0.4) is 0 Å². The molecule has 2 heterocycles. The average Bonchev–Trinajstić information content (AvgIpc) is 2.81. The molecule has 0 saturated carbocycles. The molecule has 1 aromatic rings. The molecule has 0 amide bonds. The van der Waals surface area contributed by atoms with E-state index in [0.29, 0.717) is 11.1 Å². The SMILES string of the molecule is CCOC(=O)C1=C[C@H]2C=C(C#N)[C@H](OC2=O)[C@@H]1c1ccccc1. The molecule has 5 nitrogen and oxygen atoms in total. The highest BCUT2D eigenvalue weighted by Gasteiger charge is 2.44. The molecule has 0 aromatic heterocycles. The number of nitrogens with zero attached hydrogens (tertiary/aromatic N) is 1. The van der Waals surface area contributed by atoms with Gasteiger partial charge in [0.2, 0.25) is 0 Å². The third-order valence-electron chi connectivity index (χ3n) is 3.98. The molecule has 5 heteroatoms. The van der Waals surface area contributed by atoms with Crippen molar-refractivity contribution in [1.29, 1.82) is 5.26 Å². The molecule has 1 aromatic carbocycles. The summed E-state index contributed by atoms with van der Waals surface area (Å²) < 4.78 is 10.6. The van der Waals surface area contributed by atoms with E-state index >= 15 is 0 Å². The summed E-state index contributed by atoms with van der Waals surface area (Å²) in [5, 5.41) is 9.37. The minimum absolute atomic E-state index is 0.236. The Bertz CT molecular complexity index is 742. The van der Waals surface area contributed by atoms with Gasteiger partial charge in [0.05, 0.1) is 30.1 Å². The van der Waals surface area contributed by atoms with Gasteiger partial charge in [0.25, 0.3) is 0 Å². The van der Waals surface area contributed by atoms with Crippen molar-refractivity contribution in [2.45, 2.75) is 18.9 Å². The van der Waals surface area contributed by atoms with Crippen molar-refractivity contribution in [1.82, 2.24) is 0 Å². The lowest BCUT2D eigenvalue weighted by atomic mass is 9.84. The molecule has 2 aliphatic heterocycles. The molecule has 0 spiro atoms. The highest BCUT2D eigenvalue weighted by molar-refractivity contribution is 5.94. The van der Waals surface area contributed by atoms with Gasteiger partial charge < -0.3 is 9.47 Å². The van der Waals surface area contributed by atoms with Crippen LogP contribution in [0.4, 0.5) is 0 Å². The third-order valence-corrected chi connectivity index (χ3v) is 3.98. The molecule has 0 fully saturated rings. The van der Waals surface area contributed by atoms with E-state index in [2.05, 4.69) is 6.07 Å². The van der Waals surface area contributed by atoms with Gasteiger partial charge >= 0.3 is 11.9 Å². The second-order valence-electron chi connectivity index (χ2n) is 5.35. The topological polar surface area (TPSA) is 76.4 Å². The van der Waals surface area contributed by atoms with Crippen LogP contribution in [0.2, 0.25) is 0 Å². The summed E-state index contributed by atoms with van der Waals surface area (Å²) >= 11 is 0. The van der Waals surface area contributed by atoms with Crippen molar-refractivity contribution in [2.75, 3.05) is 6.61 Å². The van der Waals surface area contributed by atoms with Crippen LogP contribution in [0.25, 0.3) is 0 Å². The first-order valence-electron chi connectivity index (χ1n) is 7.41. The maximum absolute atomic E-state index is 12.4. The quantitative estimate of drug-likeness (QED) is 0.801. The van der Waals surface area contributed by atoms with Crippen molar-refractivity contribution in [3.63, 3.8) is 0 Å². The van der Waals surface area contributed by atoms with Crippen molar-refractivity contribution in [3.8, 4) is 6.07 Å². The summed E-state index contributed by atoms with van der Waals surface area (Å²) in [6.45, 7) is 1.96. The molecule has 3 atom stereocenters. The minimum atomic E-state index is -0.802. The van der Waals surface area contributed by atoms with Crippen LogP contribution in [0.1, 0.15) is 18.4 Å². The number of esters is 2. The lowest BCUT2D eigenvalue weighted by Gasteiger charge is -2.28. The molecule has 0 saturated heterocycles. The van der Waals surface area contributed by atoms with E-state index in [9.17, 15) is 14.9 Å². The Morgan fingerprint density at radius 1 is 1.30 bits per heavy atom. The Morgan fingerprint density at radius 2 is 2.04 bits per heavy atom. The van der Waals surface area contributed by atoms with E-state index in [-0.39, 0.29) is 6.61 Å². The summed E-state index contributed by atoms with van der Waals surface area (Å²) in [6, 6.07) is 11.3. The number of fused-ring (bicyclic) bond motifs is 2. The van der Waals surface area contributed by atoms with Gasteiger partial charge in [-0.25, -0.2) is 4.79 Å². The molecule has 0 unspecified atom stereocenters. The van der Waals surface area contributed by atoms with Gasteiger partial charge in [0.1, 0.15) is 6.10 Å². The Hall–Kier alpha value is -2.87. The smallest absolute Gasteiger partial charge is 0.334 e. The fourth-order valence-corrected chi connectivity index (χ4v) is 2.97. The zero-order valence-electron chi connectivity index (χ0n) is 12.6. The predicted molar refractivity (Wildman–Crippen MR) is 81.0 cm³/mol. The van der Waals surface area contributed by atoms with Crippen LogP contribution in [-0.2, 0) is 19.1 Å². The largest absolute Gasteiger partial charge is 0.463 e. The first kappa shape index (κ1) is 15.0. The van der Waals surface area contributed by atoms with Gasteiger partial charge in [0, 0.05) is 5.57 Å². The Labute approximate surface area is 133 Å². The zero-order chi connectivity index (χ0) is 16.4. The molecule has 23 heavy (non-hydrogen) atoms. The highest BCUT2D eigenvalue weighted by atomic mass is 16.5. The first-order chi connectivity index (χ1) is 11.2. The monoisotopic (exact) mass is 309 g/mol. The Morgan fingerprint density at radius 3 is 2.70 bits per heavy atom. The average molecular weight is 309 g/mol. The molecule has 0 N–H and O–H groups in total. The van der Waals surface area contributed by atoms with E-state index in [1.54, 1.807) is 19.1 Å². The van der Waals surface area contributed by atoms with Gasteiger partial charge in [-0.2, -0.15) is 5.26 Å². The number of carbonyl (C=O) groups is 2. The predicted octanol–water partition coefficient (Wildman–Crippen LogP) is 2.26. The van der Waals surface area contributed by atoms with E-state index in [0.717, 1.165) is 5.56 Å². The number of carbonyl (C=O) groups excluding carboxylic acids is 2. The summed E-state index contributed by atoms with van der Waals surface area (Å²) in [4.78, 5) is 24.5. The van der Waals surface area contributed by atoms with Gasteiger partial charge in [-0.3, -0.25) is 4.79 Å². The lowest BCUT2D eigenvalue weighted by molar-refractivity contribution is -0.150. The second kappa shape index (κ2) is 6.09. The standard InChI is InChI=1S/C18H15NO4/c1-2-22-18(21)14-9-12-8-13(10-19)16(23-17(12)20)15(14)11-6-4-3-5-7-11/h3-9,12,15-16H,2H2,1H3/t12-,15-,16+/m1/s1. The van der Waals surface area contributed by atoms with Crippen LogP contribution in [0, 0.1) is 17.2 Å². The number of nitriles is 1. The number of hydrogen-bond acceptors (Lipinski definition) is 5. The molecule has 1 aliphatic carbocycles. The van der Waals surface area contributed by atoms with E-state index in [1.165, 1.54) is 0 Å². The van der Waals surface area contributed by atoms with Gasteiger partial charge in [-0.1, -0.05) is 36.4 Å². The van der Waals surface area contributed by atoms with Crippen LogP contribution < -0.4 is 0 Å². The number of rotatable bonds is 3. The van der Waals surface area contributed by atoms with Crippen LogP contribution in [0.5, 0.6) is 0 Å². The fraction of sp³-hybridized carbons (Fsp3) is 0.278. The molecule has 116 valence electrons. The van der Waals surface area contributed by atoms with Crippen molar-refractivity contribution in [3.05, 3.63) is 59.2 Å². The van der Waals surface area contributed by atoms with Crippen LogP contribution >= 0.6 is 0 Å². The molecule has 3 aliphatic rings. The van der Waals surface area contributed by atoms with E-state index < -0.39 is 29.9 Å². The lowest BCUT2D eigenvalue weighted by Crippen LogP contribution is -2.32. The van der Waals surface area contributed by atoms with Gasteiger partial charge in [-0.05, 0) is 18.6 Å². The van der Waals surface area contributed by atoms with Crippen molar-refractivity contribution < 1.29 is 19.1 Å². The Balaban J connectivity index is 2.14. The minimum Gasteiger partial charge on any atom is -0.463 e. The zero-order valence-corrected chi connectivity index (χ0v) is 12.6. The van der Waals surface area contributed by atoms with E-state index in [1.807, 2.05) is 30.3 Å². The summed E-state index contributed by atoms with van der Waals surface area (Å²) in [6.07, 6.45) is 2.32. The van der Waals surface area contributed by atoms with E-state index in [4.69, 9.17) is 9.47 Å². The summed E-state index contributed by atoms with van der Waals surface area (Å²) in [5.41, 5.74) is 1.52. The third kappa shape index (κ3) is 2.64. The maximum Gasteiger partial charge on any atom is 0.334 e. The van der Waals surface area contributed by atoms with Gasteiger partial charge in [0.15, 0.2) is 0 Å². The first-order valence-corrected chi connectivity index (χ1v) is 7.41. The second-order valence-corrected chi connectivity index (χ2v) is 5.35. The molecular weight excluding hydrogens is 294 g/mol.